The number of carbonyl (C=O) groups excluding carboxylic acids is 3. The van der Waals surface area contributed by atoms with Crippen molar-refractivity contribution in [3.8, 4) is 0 Å². The number of hydrogen-bond acceptors (Lipinski definition) is 5. The van der Waals surface area contributed by atoms with Gasteiger partial charge in [0.1, 0.15) is 6.04 Å². The SMILES string of the molecule is CC(C(=O)N1CCC(NCC2CC2)CC1)N1C(=O)C2C3CCC(O3)C2C1=O.Cl. The largest absolute Gasteiger partial charge is 0.373 e. The second-order valence-electron chi connectivity index (χ2n) is 9.02. The van der Waals surface area contributed by atoms with Gasteiger partial charge >= 0.3 is 0 Å². The Morgan fingerprint density at radius 1 is 1.04 bits per heavy atom. The number of piperidine rings is 1. The molecule has 5 unspecified atom stereocenters. The molecule has 0 spiro atoms. The number of fused-ring (bicyclic) bond motifs is 5. The zero-order valence-corrected chi connectivity index (χ0v) is 17.2. The fourth-order valence-corrected chi connectivity index (χ4v) is 5.45. The van der Waals surface area contributed by atoms with Gasteiger partial charge in [0.05, 0.1) is 24.0 Å². The Labute approximate surface area is 171 Å². The summed E-state index contributed by atoms with van der Waals surface area (Å²) in [6.07, 6.45) is 6.01. The predicted molar refractivity (Wildman–Crippen MR) is 104 cm³/mol. The highest BCUT2D eigenvalue weighted by atomic mass is 35.5. The Bertz CT molecular complexity index is 634. The summed E-state index contributed by atoms with van der Waals surface area (Å²) in [7, 11) is 0. The lowest BCUT2D eigenvalue weighted by atomic mass is 9.81. The summed E-state index contributed by atoms with van der Waals surface area (Å²) in [5, 5.41) is 3.61. The van der Waals surface area contributed by atoms with Gasteiger partial charge in [-0.05, 0) is 57.9 Å². The summed E-state index contributed by atoms with van der Waals surface area (Å²) in [5.41, 5.74) is 0. The summed E-state index contributed by atoms with van der Waals surface area (Å²) < 4.78 is 5.77. The van der Waals surface area contributed by atoms with Crippen LogP contribution in [0.3, 0.4) is 0 Å². The van der Waals surface area contributed by atoms with Gasteiger partial charge in [0.2, 0.25) is 17.7 Å². The number of halogens is 1. The Kier molecular flexibility index (Phi) is 5.44. The number of amides is 3. The number of carbonyl (C=O) groups is 3. The van der Waals surface area contributed by atoms with Crippen LogP contribution >= 0.6 is 12.4 Å². The van der Waals surface area contributed by atoms with Crippen LogP contribution in [0.4, 0.5) is 0 Å². The third kappa shape index (κ3) is 3.25. The molecule has 4 heterocycles. The van der Waals surface area contributed by atoms with Crippen molar-refractivity contribution in [1.82, 2.24) is 15.1 Å². The maximum absolute atomic E-state index is 13.0. The summed E-state index contributed by atoms with van der Waals surface area (Å²) in [6, 6.07) is -0.224. The molecule has 5 atom stereocenters. The van der Waals surface area contributed by atoms with Gasteiger partial charge in [-0.1, -0.05) is 0 Å². The average Bonchev–Trinajstić information content (AvgIpc) is 3.18. The minimum atomic E-state index is -0.703. The number of nitrogens with one attached hydrogen (secondary N) is 1. The van der Waals surface area contributed by atoms with Gasteiger partial charge in [0, 0.05) is 19.1 Å². The van der Waals surface area contributed by atoms with E-state index in [1.807, 2.05) is 4.90 Å². The van der Waals surface area contributed by atoms with Gasteiger partial charge in [-0.2, -0.15) is 0 Å². The minimum Gasteiger partial charge on any atom is -0.373 e. The van der Waals surface area contributed by atoms with Crippen LogP contribution in [-0.2, 0) is 19.1 Å². The highest BCUT2D eigenvalue weighted by Crippen LogP contribution is 2.49. The molecule has 5 fully saturated rings. The molecular weight excluding hydrogens is 382 g/mol. The Morgan fingerprint density at radius 3 is 2.14 bits per heavy atom. The summed E-state index contributed by atoms with van der Waals surface area (Å²) in [6.45, 7) is 4.20. The first kappa shape index (κ1) is 20.1. The van der Waals surface area contributed by atoms with Gasteiger partial charge in [-0.15, -0.1) is 12.4 Å². The van der Waals surface area contributed by atoms with Crippen molar-refractivity contribution in [3.63, 3.8) is 0 Å². The molecule has 0 aromatic carbocycles. The summed E-state index contributed by atoms with van der Waals surface area (Å²) in [4.78, 5) is 41.8. The molecular formula is C20H30ClN3O4. The van der Waals surface area contributed by atoms with Crippen molar-refractivity contribution < 1.29 is 19.1 Å². The number of likely N-dealkylation sites (tertiary alicyclic amines) is 2. The van der Waals surface area contributed by atoms with Crippen LogP contribution in [0, 0.1) is 17.8 Å². The number of rotatable bonds is 5. The van der Waals surface area contributed by atoms with E-state index in [0.717, 1.165) is 38.1 Å². The third-order valence-electron chi connectivity index (χ3n) is 7.26. The van der Waals surface area contributed by atoms with Crippen molar-refractivity contribution in [2.45, 2.75) is 69.7 Å². The maximum atomic E-state index is 13.0. The van der Waals surface area contributed by atoms with E-state index in [2.05, 4.69) is 5.32 Å². The fraction of sp³-hybridized carbons (Fsp3) is 0.850. The number of nitrogens with zero attached hydrogens (tertiary/aromatic N) is 2. The van der Waals surface area contributed by atoms with Crippen molar-refractivity contribution >= 4 is 30.1 Å². The molecule has 4 aliphatic heterocycles. The molecule has 1 N–H and O–H groups in total. The lowest BCUT2D eigenvalue weighted by Gasteiger charge is -2.35. The Morgan fingerprint density at radius 2 is 1.61 bits per heavy atom. The van der Waals surface area contributed by atoms with E-state index in [-0.39, 0.29) is 54.2 Å². The molecule has 1 aliphatic carbocycles. The molecule has 0 aromatic rings. The molecule has 5 aliphatic rings. The Hall–Kier alpha value is -1.18. The van der Waals surface area contributed by atoms with Crippen molar-refractivity contribution in [2.75, 3.05) is 19.6 Å². The van der Waals surface area contributed by atoms with Crippen LogP contribution in [0.5, 0.6) is 0 Å². The predicted octanol–water partition coefficient (Wildman–Crippen LogP) is 0.950. The molecule has 0 radical (unpaired) electrons. The molecule has 5 rings (SSSR count). The first-order chi connectivity index (χ1) is 13.0. The maximum Gasteiger partial charge on any atom is 0.245 e. The second kappa shape index (κ2) is 7.58. The van der Waals surface area contributed by atoms with Gasteiger partial charge in [0.25, 0.3) is 0 Å². The van der Waals surface area contributed by atoms with Gasteiger partial charge in [-0.25, -0.2) is 0 Å². The third-order valence-corrected chi connectivity index (χ3v) is 7.26. The van der Waals surface area contributed by atoms with Gasteiger partial charge in [0.15, 0.2) is 0 Å². The van der Waals surface area contributed by atoms with E-state index in [1.165, 1.54) is 17.7 Å². The molecule has 3 amide bonds. The van der Waals surface area contributed by atoms with E-state index in [4.69, 9.17) is 4.74 Å². The number of ether oxygens (including phenoxy) is 1. The molecule has 8 heteroatoms. The van der Waals surface area contributed by atoms with Crippen LogP contribution in [0.25, 0.3) is 0 Å². The molecule has 1 saturated carbocycles. The first-order valence-electron chi connectivity index (χ1n) is 10.6. The smallest absolute Gasteiger partial charge is 0.245 e. The van der Waals surface area contributed by atoms with E-state index >= 15 is 0 Å². The second-order valence-corrected chi connectivity index (χ2v) is 9.02. The highest BCUT2D eigenvalue weighted by molar-refractivity contribution is 6.09. The summed E-state index contributed by atoms with van der Waals surface area (Å²) >= 11 is 0. The minimum absolute atomic E-state index is 0. The zero-order chi connectivity index (χ0) is 18.7. The van der Waals surface area contributed by atoms with Gasteiger partial charge < -0.3 is 15.0 Å². The normalized spacial score (nSPS) is 35.9. The molecule has 7 nitrogen and oxygen atoms in total. The van der Waals surface area contributed by atoms with Crippen molar-refractivity contribution in [1.29, 1.82) is 0 Å². The van der Waals surface area contributed by atoms with E-state index in [9.17, 15) is 14.4 Å². The van der Waals surface area contributed by atoms with Crippen molar-refractivity contribution in [2.24, 2.45) is 17.8 Å². The highest BCUT2D eigenvalue weighted by Gasteiger charge is 2.63. The standard InChI is InChI=1S/C20H29N3O4.ClH/c1-11(18(24)22-8-6-13(7-9-22)21-10-12-2-3-12)23-19(25)16-14-4-5-15(27-14)17(16)20(23)26;/h11-17,21H,2-10H2,1H3;1H. The lowest BCUT2D eigenvalue weighted by Crippen LogP contribution is -2.53. The number of imide groups is 1. The van der Waals surface area contributed by atoms with Crippen LogP contribution in [0.1, 0.15) is 45.4 Å². The van der Waals surface area contributed by atoms with Crippen LogP contribution < -0.4 is 5.32 Å². The molecule has 28 heavy (non-hydrogen) atoms. The molecule has 156 valence electrons. The van der Waals surface area contributed by atoms with Gasteiger partial charge in [-0.3, -0.25) is 19.3 Å². The molecule has 4 saturated heterocycles. The van der Waals surface area contributed by atoms with E-state index in [1.54, 1.807) is 6.92 Å². The van der Waals surface area contributed by atoms with E-state index < -0.39 is 6.04 Å². The van der Waals surface area contributed by atoms with E-state index in [0.29, 0.717) is 19.1 Å². The van der Waals surface area contributed by atoms with Crippen LogP contribution in [0.15, 0.2) is 0 Å². The Balaban J connectivity index is 0.00000192. The fourth-order valence-electron chi connectivity index (χ4n) is 5.45. The average molecular weight is 412 g/mol. The van der Waals surface area contributed by atoms with Crippen LogP contribution in [-0.4, -0.2) is 71.4 Å². The van der Waals surface area contributed by atoms with Crippen molar-refractivity contribution in [3.05, 3.63) is 0 Å². The topological polar surface area (TPSA) is 79.0 Å². The zero-order valence-electron chi connectivity index (χ0n) is 16.3. The molecule has 0 aromatic heterocycles. The monoisotopic (exact) mass is 411 g/mol. The lowest BCUT2D eigenvalue weighted by molar-refractivity contribution is -0.153. The van der Waals surface area contributed by atoms with Crippen LogP contribution in [0.2, 0.25) is 0 Å². The summed E-state index contributed by atoms with van der Waals surface area (Å²) in [5.74, 6) is -0.341. The quantitative estimate of drug-likeness (QED) is 0.681. The molecule has 2 bridgehead atoms. The first-order valence-corrected chi connectivity index (χ1v) is 10.6. The number of hydrogen-bond donors (Lipinski definition) is 1.